The van der Waals surface area contributed by atoms with Crippen molar-refractivity contribution in [2.75, 3.05) is 5.32 Å². The fourth-order valence-electron chi connectivity index (χ4n) is 1.21. The van der Waals surface area contributed by atoms with Gasteiger partial charge < -0.3 is 10.4 Å². The average molecular weight is 237 g/mol. The summed E-state index contributed by atoms with van der Waals surface area (Å²) in [6, 6.07) is 3.42. The summed E-state index contributed by atoms with van der Waals surface area (Å²) < 4.78 is 13.3. The zero-order valence-corrected chi connectivity index (χ0v) is 9.45. The van der Waals surface area contributed by atoms with Gasteiger partial charge in [-0.3, -0.25) is 4.79 Å². The van der Waals surface area contributed by atoms with E-state index in [9.17, 15) is 14.0 Å². The Hall–Kier alpha value is -2.17. The maximum Gasteiger partial charge on any atom is 0.338 e. The molecule has 4 nitrogen and oxygen atoms in total. The molecule has 1 aromatic rings. The van der Waals surface area contributed by atoms with Gasteiger partial charge in [0, 0.05) is 11.8 Å². The smallest absolute Gasteiger partial charge is 0.338 e. The zero-order valence-electron chi connectivity index (χ0n) is 9.45. The number of hydrogen-bond acceptors (Lipinski definition) is 2. The minimum Gasteiger partial charge on any atom is -0.478 e. The van der Waals surface area contributed by atoms with Crippen LogP contribution in [0.25, 0.3) is 0 Å². The van der Waals surface area contributed by atoms with Crippen molar-refractivity contribution in [3.8, 4) is 0 Å². The van der Waals surface area contributed by atoms with Crippen LogP contribution in [0.4, 0.5) is 10.1 Å². The number of carboxylic acids is 1. The van der Waals surface area contributed by atoms with E-state index in [1.807, 2.05) is 0 Å². The second-order valence-electron chi connectivity index (χ2n) is 3.71. The van der Waals surface area contributed by atoms with Crippen LogP contribution in [0.15, 0.2) is 29.8 Å². The standard InChI is InChI=1S/C12H12FNO3/c1-7(2)5-11(15)14-8-3-4-9(12(16)17)10(13)6-8/h3-6H,1-2H3,(H,14,15)(H,16,17). The van der Waals surface area contributed by atoms with E-state index in [1.165, 1.54) is 12.1 Å². The van der Waals surface area contributed by atoms with E-state index < -0.39 is 17.3 Å². The van der Waals surface area contributed by atoms with Gasteiger partial charge >= 0.3 is 5.97 Å². The van der Waals surface area contributed by atoms with E-state index in [1.54, 1.807) is 13.8 Å². The fourth-order valence-corrected chi connectivity index (χ4v) is 1.21. The average Bonchev–Trinajstić information content (AvgIpc) is 2.15. The van der Waals surface area contributed by atoms with Crippen LogP contribution in [0.3, 0.4) is 0 Å². The zero-order chi connectivity index (χ0) is 13.0. The lowest BCUT2D eigenvalue weighted by molar-refractivity contribution is -0.111. The molecule has 5 heteroatoms. The molecule has 2 N–H and O–H groups in total. The Balaban J connectivity index is 2.88. The molecule has 1 aromatic carbocycles. The van der Waals surface area contributed by atoms with E-state index in [4.69, 9.17) is 5.11 Å². The molecule has 17 heavy (non-hydrogen) atoms. The Bertz CT molecular complexity index is 491. The van der Waals surface area contributed by atoms with Crippen molar-refractivity contribution in [2.45, 2.75) is 13.8 Å². The highest BCUT2D eigenvalue weighted by atomic mass is 19.1. The summed E-state index contributed by atoms with van der Waals surface area (Å²) in [6.45, 7) is 3.52. The number of hydrogen-bond donors (Lipinski definition) is 2. The lowest BCUT2D eigenvalue weighted by atomic mass is 10.2. The molecule has 1 amide bonds. The van der Waals surface area contributed by atoms with Gasteiger partial charge in [0.1, 0.15) is 5.82 Å². The molecule has 90 valence electrons. The van der Waals surface area contributed by atoms with Crippen molar-refractivity contribution in [1.82, 2.24) is 0 Å². The third-order valence-electron chi connectivity index (χ3n) is 1.89. The van der Waals surface area contributed by atoms with Gasteiger partial charge in [0.2, 0.25) is 5.91 Å². The molecular formula is C12H12FNO3. The van der Waals surface area contributed by atoms with E-state index in [2.05, 4.69) is 5.32 Å². The molecule has 0 atom stereocenters. The number of nitrogens with one attached hydrogen (secondary N) is 1. The van der Waals surface area contributed by atoms with Gasteiger partial charge in [-0.25, -0.2) is 9.18 Å². The third kappa shape index (κ3) is 3.71. The van der Waals surface area contributed by atoms with E-state index >= 15 is 0 Å². The number of aromatic carboxylic acids is 1. The van der Waals surface area contributed by atoms with E-state index in [0.717, 1.165) is 17.7 Å². The number of anilines is 1. The molecule has 0 radical (unpaired) electrons. The van der Waals surface area contributed by atoms with E-state index in [-0.39, 0.29) is 11.6 Å². The number of allylic oxidation sites excluding steroid dienone is 1. The second kappa shape index (κ2) is 5.25. The van der Waals surface area contributed by atoms with Crippen LogP contribution in [-0.2, 0) is 4.79 Å². The number of carboxylic acid groups (broad SMARTS) is 1. The van der Waals surface area contributed by atoms with Gasteiger partial charge in [-0.2, -0.15) is 0 Å². The Morgan fingerprint density at radius 1 is 1.35 bits per heavy atom. The lowest BCUT2D eigenvalue weighted by Crippen LogP contribution is -2.09. The lowest BCUT2D eigenvalue weighted by Gasteiger charge is -2.04. The number of amides is 1. The molecule has 0 saturated heterocycles. The SMILES string of the molecule is CC(C)=CC(=O)Nc1ccc(C(=O)O)c(F)c1. The van der Waals surface area contributed by atoms with Crippen molar-refractivity contribution in [2.24, 2.45) is 0 Å². The first-order valence-corrected chi connectivity index (χ1v) is 4.89. The quantitative estimate of drug-likeness (QED) is 0.793. The van der Waals surface area contributed by atoms with Gasteiger partial charge in [0.15, 0.2) is 0 Å². The predicted octanol–water partition coefficient (Wildman–Crippen LogP) is 2.43. The van der Waals surface area contributed by atoms with Gasteiger partial charge in [0.25, 0.3) is 0 Å². The van der Waals surface area contributed by atoms with Gasteiger partial charge in [-0.15, -0.1) is 0 Å². The molecular weight excluding hydrogens is 225 g/mol. The van der Waals surface area contributed by atoms with Crippen LogP contribution in [0.2, 0.25) is 0 Å². The predicted molar refractivity (Wildman–Crippen MR) is 61.4 cm³/mol. The third-order valence-corrected chi connectivity index (χ3v) is 1.89. The van der Waals surface area contributed by atoms with Gasteiger partial charge in [0.05, 0.1) is 5.56 Å². The van der Waals surface area contributed by atoms with Crippen LogP contribution in [0, 0.1) is 5.82 Å². The molecule has 0 aliphatic heterocycles. The number of halogens is 1. The number of benzene rings is 1. The van der Waals surface area contributed by atoms with Crippen molar-refractivity contribution >= 4 is 17.6 Å². The maximum absolute atomic E-state index is 13.3. The highest BCUT2D eigenvalue weighted by Crippen LogP contribution is 2.14. The Morgan fingerprint density at radius 3 is 2.47 bits per heavy atom. The molecule has 1 rings (SSSR count). The van der Waals surface area contributed by atoms with Crippen LogP contribution in [0.5, 0.6) is 0 Å². The van der Waals surface area contributed by atoms with Crippen molar-refractivity contribution in [3.05, 3.63) is 41.2 Å². The normalized spacial score (nSPS) is 9.59. The van der Waals surface area contributed by atoms with Crippen molar-refractivity contribution in [3.63, 3.8) is 0 Å². The van der Waals surface area contributed by atoms with Crippen molar-refractivity contribution in [1.29, 1.82) is 0 Å². The molecule has 0 heterocycles. The second-order valence-corrected chi connectivity index (χ2v) is 3.71. The number of rotatable bonds is 3. The molecule has 0 fully saturated rings. The first-order chi connectivity index (χ1) is 7.90. The molecule has 0 saturated carbocycles. The Labute approximate surface area is 97.8 Å². The van der Waals surface area contributed by atoms with Crippen LogP contribution < -0.4 is 5.32 Å². The highest BCUT2D eigenvalue weighted by molar-refractivity contribution is 6.00. The summed E-state index contributed by atoms with van der Waals surface area (Å²) in [7, 11) is 0. The van der Waals surface area contributed by atoms with Crippen LogP contribution >= 0.6 is 0 Å². The summed E-state index contributed by atoms with van der Waals surface area (Å²) in [5.74, 6) is -2.61. The van der Waals surface area contributed by atoms with Gasteiger partial charge in [-0.1, -0.05) is 5.57 Å². The van der Waals surface area contributed by atoms with Gasteiger partial charge in [-0.05, 0) is 32.0 Å². The molecule has 0 bridgehead atoms. The first kappa shape index (κ1) is 12.9. The summed E-state index contributed by atoms with van der Waals surface area (Å²) >= 11 is 0. The van der Waals surface area contributed by atoms with Crippen molar-refractivity contribution < 1.29 is 19.1 Å². The van der Waals surface area contributed by atoms with E-state index in [0.29, 0.717) is 0 Å². The maximum atomic E-state index is 13.3. The summed E-state index contributed by atoms with van der Waals surface area (Å²) in [4.78, 5) is 21.9. The topological polar surface area (TPSA) is 66.4 Å². The Morgan fingerprint density at radius 2 is 2.00 bits per heavy atom. The molecule has 0 aliphatic rings. The molecule has 0 unspecified atom stereocenters. The summed E-state index contributed by atoms with van der Waals surface area (Å²) in [5.41, 5.74) is 0.602. The number of carbonyl (C=O) groups is 2. The van der Waals surface area contributed by atoms with Crippen LogP contribution in [-0.4, -0.2) is 17.0 Å². The molecule has 0 aliphatic carbocycles. The molecule has 0 aromatic heterocycles. The molecule has 0 spiro atoms. The van der Waals surface area contributed by atoms with Crippen LogP contribution in [0.1, 0.15) is 24.2 Å². The minimum atomic E-state index is -1.34. The number of carbonyl (C=O) groups excluding carboxylic acids is 1. The first-order valence-electron chi connectivity index (χ1n) is 4.89. The monoisotopic (exact) mass is 237 g/mol. The summed E-state index contributed by atoms with van der Waals surface area (Å²) in [5, 5.41) is 11.1. The minimum absolute atomic E-state index is 0.218. The summed E-state index contributed by atoms with van der Waals surface area (Å²) in [6.07, 6.45) is 1.36. The largest absolute Gasteiger partial charge is 0.478 e. The highest BCUT2D eigenvalue weighted by Gasteiger charge is 2.10. The Kier molecular flexibility index (Phi) is 3.98. The fraction of sp³-hybridized carbons (Fsp3) is 0.167.